The van der Waals surface area contributed by atoms with Crippen molar-refractivity contribution in [3.8, 4) is 6.07 Å². The maximum Gasteiger partial charge on any atom is 0.144 e. The summed E-state index contributed by atoms with van der Waals surface area (Å²) in [4.78, 5) is 4.26. The molecule has 1 rings (SSSR count). The Kier molecular flexibility index (Phi) is 4.07. The molecule has 0 bridgehead atoms. The number of nitrogens with one attached hydrogen (secondary N) is 1. The molecule has 4 heteroatoms. The van der Waals surface area contributed by atoms with E-state index in [1.165, 1.54) is 0 Å². The summed E-state index contributed by atoms with van der Waals surface area (Å²) in [5.74, 6) is 0.626. The van der Waals surface area contributed by atoms with Crippen LogP contribution in [0.15, 0.2) is 12.1 Å². The summed E-state index contributed by atoms with van der Waals surface area (Å²) in [6, 6.07) is 5.69. The van der Waals surface area contributed by atoms with E-state index in [1.54, 1.807) is 13.2 Å². The Labute approximate surface area is 89.9 Å². The minimum absolute atomic E-state index is 0.0962. The van der Waals surface area contributed by atoms with Gasteiger partial charge in [0.25, 0.3) is 0 Å². The van der Waals surface area contributed by atoms with Crippen LogP contribution in [-0.2, 0) is 4.74 Å². The second-order valence-corrected chi connectivity index (χ2v) is 3.39. The number of pyridine rings is 1. The molecule has 4 nitrogen and oxygen atoms in total. The molecule has 0 aliphatic rings. The Morgan fingerprint density at radius 3 is 2.93 bits per heavy atom. The van der Waals surface area contributed by atoms with Crippen molar-refractivity contribution in [3.63, 3.8) is 0 Å². The largest absolute Gasteiger partial charge is 0.380 e. The molecule has 1 unspecified atom stereocenters. The lowest BCUT2D eigenvalue weighted by Gasteiger charge is -2.12. The standard InChI is InChI=1S/C11H15N3O/c1-8-4-5-10(6-12)11(14-8)13-7-9(2)15-3/h4-5,9H,7H2,1-3H3,(H,13,14). The minimum Gasteiger partial charge on any atom is -0.380 e. The van der Waals surface area contributed by atoms with E-state index >= 15 is 0 Å². The van der Waals surface area contributed by atoms with Gasteiger partial charge in [-0.2, -0.15) is 5.26 Å². The fraction of sp³-hybridized carbons (Fsp3) is 0.455. The number of aromatic nitrogens is 1. The molecule has 1 N–H and O–H groups in total. The van der Waals surface area contributed by atoms with Crippen molar-refractivity contribution in [1.29, 1.82) is 5.26 Å². The van der Waals surface area contributed by atoms with Crippen LogP contribution in [0.2, 0.25) is 0 Å². The maximum atomic E-state index is 8.87. The van der Waals surface area contributed by atoms with Crippen LogP contribution in [0.25, 0.3) is 0 Å². The average molecular weight is 205 g/mol. The first-order chi connectivity index (χ1) is 7.17. The van der Waals surface area contributed by atoms with Crippen LogP contribution in [-0.4, -0.2) is 24.7 Å². The Morgan fingerprint density at radius 1 is 1.60 bits per heavy atom. The predicted octanol–water partition coefficient (Wildman–Crippen LogP) is 1.71. The Bertz CT molecular complexity index is 371. The van der Waals surface area contributed by atoms with Crippen LogP contribution in [0.5, 0.6) is 0 Å². The maximum absolute atomic E-state index is 8.87. The number of hydrogen-bond acceptors (Lipinski definition) is 4. The van der Waals surface area contributed by atoms with Crippen molar-refractivity contribution in [2.45, 2.75) is 20.0 Å². The van der Waals surface area contributed by atoms with Crippen LogP contribution in [0, 0.1) is 18.3 Å². The van der Waals surface area contributed by atoms with Gasteiger partial charge in [-0.05, 0) is 26.0 Å². The van der Waals surface area contributed by atoms with Crippen LogP contribution >= 0.6 is 0 Å². The second kappa shape index (κ2) is 5.32. The number of ether oxygens (including phenoxy) is 1. The van der Waals surface area contributed by atoms with Crippen molar-refractivity contribution < 1.29 is 4.74 Å². The van der Waals surface area contributed by atoms with Gasteiger partial charge in [-0.1, -0.05) is 0 Å². The molecule has 0 amide bonds. The zero-order valence-corrected chi connectivity index (χ0v) is 9.24. The van der Waals surface area contributed by atoms with Gasteiger partial charge in [-0.25, -0.2) is 4.98 Å². The van der Waals surface area contributed by atoms with Gasteiger partial charge >= 0.3 is 0 Å². The monoisotopic (exact) mass is 205 g/mol. The van der Waals surface area contributed by atoms with Gasteiger partial charge in [-0.15, -0.1) is 0 Å². The molecule has 0 aliphatic heterocycles. The van der Waals surface area contributed by atoms with E-state index in [2.05, 4.69) is 16.4 Å². The third-order valence-corrected chi connectivity index (χ3v) is 2.11. The summed E-state index contributed by atoms with van der Waals surface area (Å²) in [7, 11) is 1.65. The van der Waals surface area contributed by atoms with Crippen molar-refractivity contribution in [3.05, 3.63) is 23.4 Å². The topological polar surface area (TPSA) is 57.9 Å². The highest BCUT2D eigenvalue weighted by molar-refractivity contribution is 5.52. The van der Waals surface area contributed by atoms with Crippen LogP contribution < -0.4 is 5.32 Å². The Balaban J connectivity index is 2.75. The highest BCUT2D eigenvalue weighted by Gasteiger charge is 2.05. The molecule has 0 spiro atoms. The molecular weight excluding hydrogens is 190 g/mol. The third-order valence-electron chi connectivity index (χ3n) is 2.11. The lowest BCUT2D eigenvalue weighted by atomic mass is 10.2. The third kappa shape index (κ3) is 3.22. The SMILES string of the molecule is COC(C)CNc1nc(C)ccc1C#N. The number of aryl methyl sites for hydroxylation is 1. The Hall–Kier alpha value is -1.60. The highest BCUT2D eigenvalue weighted by atomic mass is 16.5. The number of hydrogen-bond donors (Lipinski definition) is 1. The van der Waals surface area contributed by atoms with Crippen LogP contribution in [0.3, 0.4) is 0 Å². The van der Waals surface area contributed by atoms with Gasteiger partial charge in [0, 0.05) is 19.3 Å². The summed E-state index contributed by atoms with van der Waals surface area (Å²) in [5.41, 5.74) is 1.45. The summed E-state index contributed by atoms with van der Waals surface area (Å²) in [6.07, 6.45) is 0.0962. The number of nitriles is 1. The quantitative estimate of drug-likeness (QED) is 0.813. The first-order valence-electron chi connectivity index (χ1n) is 4.81. The van der Waals surface area contributed by atoms with E-state index < -0.39 is 0 Å². The summed E-state index contributed by atoms with van der Waals surface area (Å²) < 4.78 is 5.10. The van der Waals surface area contributed by atoms with Gasteiger partial charge in [0.1, 0.15) is 11.9 Å². The fourth-order valence-electron chi connectivity index (χ4n) is 1.11. The first-order valence-corrected chi connectivity index (χ1v) is 4.81. The highest BCUT2D eigenvalue weighted by Crippen LogP contribution is 2.12. The summed E-state index contributed by atoms with van der Waals surface area (Å²) in [6.45, 7) is 4.49. The molecule has 0 aliphatic carbocycles. The molecule has 0 aromatic carbocycles. The lowest BCUT2D eigenvalue weighted by molar-refractivity contribution is 0.128. The fourth-order valence-corrected chi connectivity index (χ4v) is 1.11. The van der Waals surface area contributed by atoms with E-state index in [0.717, 1.165) is 5.69 Å². The molecule has 0 radical (unpaired) electrons. The molecule has 80 valence electrons. The van der Waals surface area contributed by atoms with E-state index in [9.17, 15) is 0 Å². The average Bonchev–Trinajstić information content (AvgIpc) is 2.26. The lowest BCUT2D eigenvalue weighted by Crippen LogP contribution is -2.19. The number of methoxy groups -OCH3 is 1. The molecule has 15 heavy (non-hydrogen) atoms. The zero-order valence-electron chi connectivity index (χ0n) is 9.24. The number of rotatable bonds is 4. The Morgan fingerprint density at radius 2 is 2.33 bits per heavy atom. The zero-order chi connectivity index (χ0) is 11.3. The smallest absolute Gasteiger partial charge is 0.144 e. The number of anilines is 1. The van der Waals surface area contributed by atoms with Gasteiger partial charge in [0.05, 0.1) is 11.7 Å². The molecule has 1 atom stereocenters. The molecule has 0 fully saturated rings. The normalized spacial score (nSPS) is 11.9. The molecule has 1 aromatic rings. The van der Waals surface area contributed by atoms with Crippen LogP contribution in [0.4, 0.5) is 5.82 Å². The van der Waals surface area contributed by atoms with Gasteiger partial charge < -0.3 is 10.1 Å². The van der Waals surface area contributed by atoms with Crippen LogP contribution in [0.1, 0.15) is 18.2 Å². The summed E-state index contributed by atoms with van der Waals surface area (Å²) in [5, 5.41) is 12.0. The molecule has 1 aromatic heterocycles. The van der Waals surface area contributed by atoms with Gasteiger partial charge in [0.15, 0.2) is 0 Å². The van der Waals surface area contributed by atoms with Gasteiger partial charge in [0.2, 0.25) is 0 Å². The minimum atomic E-state index is 0.0962. The van der Waals surface area contributed by atoms with E-state index in [4.69, 9.17) is 10.00 Å². The van der Waals surface area contributed by atoms with E-state index in [0.29, 0.717) is 17.9 Å². The van der Waals surface area contributed by atoms with E-state index in [-0.39, 0.29) is 6.10 Å². The van der Waals surface area contributed by atoms with Crippen molar-refractivity contribution in [2.24, 2.45) is 0 Å². The van der Waals surface area contributed by atoms with Crippen molar-refractivity contribution >= 4 is 5.82 Å². The number of nitrogens with zero attached hydrogens (tertiary/aromatic N) is 2. The molecule has 0 saturated carbocycles. The molecular formula is C11H15N3O. The van der Waals surface area contributed by atoms with Gasteiger partial charge in [-0.3, -0.25) is 0 Å². The molecule has 1 heterocycles. The van der Waals surface area contributed by atoms with E-state index in [1.807, 2.05) is 19.9 Å². The van der Waals surface area contributed by atoms with Crippen molar-refractivity contribution in [1.82, 2.24) is 4.98 Å². The molecule has 0 saturated heterocycles. The summed E-state index contributed by atoms with van der Waals surface area (Å²) >= 11 is 0. The first kappa shape index (κ1) is 11.5. The van der Waals surface area contributed by atoms with Crippen molar-refractivity contribution in [2.75, 3.05) is 19.0 Å². The second-order valence-electron chi connectivity index (χ2n) is 3.39. The predicted molar refractivity (Wildman–Crippen MR) is 58.6 cm³/mol.